The lowest BCUT2D eigenvalue weighted by atomic mass is 9.84. The molecule has 0 bridgehead atoms. The van der Waals surface area contributed by atoms with Gasteiger partial charge in [-0.25, -0.2) is 0 Å². The fourth-order valence-electron chi connectivity index (χ4n) is 4.33. The zero-order chi connectivity index (χ0) is 25.8. The van der Waals surface area contributed by atoms with Crippen LogP contribution in [0.5, 0.6) is 0 Å². The van der Waals surface area contributed by atoms with Crippen LogP contribution in [-0.2, 0) is 9.59 Å². The van der Waals surface area contributed by atoms with E-state index in [2.05, 4.69) is 6.92 Å². The van der Waals surface area contributed by atoms with E-state index < -0.39 is 29.9 Å². The number of hydrogen-bond acceptors (Lipinski definition) is 5. The zero-order valence-corrected chi connectivity index (χ0v) is 21.8. The Morgan fingerprint density at radius 3 is 1.71 bits per heavy atom. The van der Waals surface area contributed by atoms with E-state index in [-0.39, 0.29) is 6.42 Å². The van der Waals surface area contributed by atoms with Crippen LogP contribution >= 0.6 is 0 Å². The van der Waals surface area contributed by atoms with Crippen molar-refractivity contribution in [1.29, 1.82) is 0 Å². The summed E-state index contributed by atoms with van der Waals surface area (Å²) in [6.45, 7) is 1.38. The first kappa shape index (κ1) is 31.2. The fourth-order valence-corrected chi connectivity index (χ4v) is 4.33. The number of Topliss-reactive ketones (excluding diaryl/α,β-unsaturated/α-hetero) is 1. The molecule has 2 unspecified atom stereocenters. The normalized spacial score (nSPS) is 14.2. The number of rotatable bonds is 22. The Labute approximate surface area is 212 Å². The zero-order valence-electron chi connectivity index (χ0n) is 21.8. The van der Waals surface area contributed by atoms with Crippen molar-refractivity contribution in [3.63, 3.8) is 0 Å². The predicted octanol–water partition coefficient (Wildman–Crippen LogP) is 6.18. The lowest BCUT2D eigenvalue weighted by Crippen LogP contribution is -2.56. The number of aliphatic hydroxyl groups is 3. The molecule has 0 fully saturated rings. The monoisotopic (exact) mass is 488 g/mol. The van der Waals surface area contributed by atoms with Crippen LogP contribution in [0.1, 0.15) is 115 Å². The predicted molar refractivity (Wildman–Crippen MR) is 143 cm³/mol. The van der Waals surface area contributed by atoms with E-state index in [0.29, 0.717) is 6.42 Å². The van der Waals surface area contributed by atoms with Gasteiger partial charge in [-0.15, -0.1) is 0 Å². The number of ketones is 2. The Morgan fingerprint density at radius 2 is 1.26 bits per heavy atom. The van der Waals surface area contributed by atoms with Crippen molar-refractivity contribution in [3.8, 4) is 0 Å². The summed E-state index contributed by atoms with van der Waals surface area (Å²) in [6.07, 6.45) is 18.8. The summed E-state index contributed by atoms with van der Waals surface area (Å²) in [5.74, 6) is -1.65. The molecule has 1 aromatic rings. The Balaban J connectivity index is 2.24. The molecule has 1 aromatic carbocycles. The second-order valence-corrected chi connectivity index (χ2v) is 9.70. The first-order valence-electron chi connectivity index (χ1n) is 13.8. The Hall–Kier alpha value is -1.82. The van der Waals surface area contributed by atoms with E-state index in [1.165, 1.54) is 76.7 Å². The van der Waals surface area contributed by atoms with Crippen LogP contribution in [0.15, 0.2) is 36.4 Å². The maximum atomic E-state index is 12.7. The quantitative estimate of drug-likeness (QED) is 0.103. The number of carbonyl (C=O) groups excluding carboxylic acids is 2. The van der Waals surface area contributed by atoms with Crippen LogP contribution in [0.25, 0.3) is 6.08 Å². The summed E-state index contributed by atoms with van der Waals surface area (Å²) in [5.41, 5.74) is -1.88. The topological polar surface area (TPSA) is 94.8 Å². The highest BCUT2D eigenvalue weighted by Crippen LogP contribution is 2.20. The van der Waals surface area contributed by atoms with E-state index in [1.807, 2.05) is 6.07 Å². The second-order valence-electron chi connectivity index (χ2n) is 9.70. The number of aliphatic hydroxyl groups excluding tert-OH is 2. The highest BCUT2D eigenvalue weighted by Gasteiger charge is 2.47. The first-order valence-corrected chi connectivity index (χ1v) is 13.8. The molecule has 0 radical (unpaired) electrons. The summed E-state index contributed by atoms with van der Waals surface area (Å²) in [7, 11) is 0. The molecule has 0 aliphatic rings. The maximum absolute atomic E-state index is 12.7. The molecular weight excluding hydrogens is 440 g/mol. The average Bonchev–Trinajstić information content (AvgIpc) is 2.88. The van der Waals surface area contributed by atoms with Crippen LogP contribution < -0.4 is 0 Å². The molecule has 3 N–H and O–H groups in total. The van der Waals surface area contributed by atoms with Gasteiger partial charge in [-0.2, -0.15) is 0 Å². The van der Waals surface area contributed by atoms with Crippen LogP contribution in [0, 0.1) is 0 Å². The van der Waals surface area contributed by atoms with Gasteiger partial charge < -0.3 is 15.3 Å². The van der Waals surface area contributed by atoms with Crippen LogP contribution in [-0.4, -0.2) is 45.2 Å². The van der Waals surface area contributed by atoms with Crippen molar-refractivity contribution >= 4 is 17.6 Å². The third-order valence-corrected chi connectivity index (χ3v) is 6.69. The van der Waals surface area contributed by atoms with E-state index in [9.17, 15) is 24.9 Å². The minimum absolute atomic E-state index is 0.00324. The van der Waals surface area contributed by atoms with Crippen molar-refractivity contribution in [2.75, 3.05) is 6.61 Å². The number of benzene rings is 1. The van der Waals surface area contributed by atoms with E-state index in [0.717, 1.165) is 30.9 Å². The molecule has 2 atom stereocenters. The minimum atomic E-state index is -2.62. The molecule has 0 aromatic heterocycles. The van der Waals surface area contributed by atoms with Gasteiger partial charge in [0.05, 0.1) is 6.61 Å². The third kappa shape index (κ3) is 12.6. The molecule has 198 valence electrons. The van der Waals surface area contributed by atoms with Gasteiger partial charge >= 0.3 is 0 Å². The van der Waals surface area contributed by atoms with Crippen molar-refractivity contribution in [3.05, 3.63) is 42.0 Å². The minimum Gasteiger partial charge on any atom is -0.394 e. The summed E-state index contributed by atoms with van der Waals surface area (Å²) in [5, 5.41) is 30.1. The Bertz CT molecular complexity index is 715. The third-order valence-electron chi connectivity index (χ3n) is 6.69. The molecule has 0 spiro atoms. The molecule has 0 aliphatic heterocycles. The number of carbonyl (C=O) groups is 2. The molecule has 0 saturated carbocycles. The highest BCUT2D eigenvalue weighted by molar-refractivity contribution is 6.16. The summed E-state index contributed by atoms with van der Waals surface area (Å²) in [6, 6.07) is 9.01. The van der Waals surface area contributed by atoms with Crippen molar-refractivity contribution in [1.82, 2.24) is 0 Å². The molecule has 0 aliphatic carbocycles. The summed E-state index contributed by atoms with van der Waals surface area (Å²) in [4.78, 5) is 25.3. The van der Waals surface area contributed by atoms with E-state index in [4.69, 9.17) is 0 Å². The number of hydrogen-bond donors (Lipinski definition) is 3. The SMILES string of the molecule is CCCCCCCCCCCCCCCCCC(=O)C(O)(C(=O)C=Cc1ccccc1)C(O)CO. The molecule has 0 heterocycles. The van der Waals surface area contributed by atoms with Gasteiger partial charge in [0.15, 0.2) is 11.6 Å². The van der Waals surface area contributed by atoms with Gasteiger partial charge in [0.1, 0.15) is 6.10 Å². The molecule has 5 nitrogen and oxygen atoms in total. The van der Waals surface area contributed by atoms with Crippen LogP contribution in [0.4, 0.5) is 0 Å². The van der Waals surface area contributed by atoms with Crippen molar-refractivity contribution in [2.24, 2.45) is 0 Å². The van der Waals surface area contributed by atoms with E-state index >= 15 is 0 Å². The lowest BCUT2D eigenvalue weighted by molar-refractivity contribution is -0.163. The molecular formula is C30H48O5. The van der Waals surface area contributed by atoms with Gasteiger partial charge in [0.2, 0.25) is 5.60 Å². The fraction of sp³-hybridized carbons (Fsp3) is 0.667. The lowest BCUT2D eigenvalue weighted by Gasteiger charge is -2.28. The summed E-state index contributed by atoms with van der Waals surface area (Å²) >= 11 is 0. The van der Waals surface area contributed by atoms with Gasteiger partial charge in [0, 0.05) is 6.42 Å². The summed E-state index contributed by atoms with van der Waals surface area (Å²) < 4.78 is 0. The van der Waals surface area contributed by atoms with E-state index in [1.54, 1.807) is 24.3 Å². The molecule has 5 heteroatoms. The van der Waals surface area contributed by atoms with Gasteiger partial charge in [-0.3, -0.25) is 9.59 Å². The van der Waals surface area contributed by atoms with Crippen molar-refractivity contribution < 1.29 is 24.9 Å². The molecule has 0 saturated heterocycles. The largest absolute Gasteiger partial charge is 0.394 e. The van der Waals surface area contributed by atoms with Crippen LogP contribution in [0.3, 0.4) is 0 Å². The molecule has 35 heavy (non-hydrogen) atoms. The highest BCUT2D eigenvalue weighted by atomic mass is 16.4. The second kappa shape index (κ2) is 19.4. The van der Waals surface area contributed by atoms with Crippen molar-refractivity contribution in [2.45, 2.75) is 121 Å². The smallest absolute Gasteiger partial charge is 0.213 e. The Morgan fingerprint density at radius 1 is 0.800 bits per heavy atom. The Kier molecular flexibility index (Phi) is 17.3. The molecule has 0 amide bonds. The van der Waals surface area contributed by atoms with Crippen LogP contribution in [0.2, 0.25) is 0 Å². The maximum Gasteiger partial charge on any atom is 0.213 e. The van der Waals surface area contributed by atoms with Gasteiger partial charge in [-0.1, -0.05) is 133 Å². The number of unbranched alkanes of at least 4 members (excludes halogenated alkanes) is 14. The standard InChI is InChI=1S/C30H48O5/c1-2-3-4-5-6-7-8-9-10-11-12-13-14-15-19-22-27(32)30(35,29(34)25-31)28(33)24-23-26-20-17-16-18-21-26/h16-18,20-21,23-24,29,31,34-35H,2-15,19,22,25H2,1H3. The van der Waals surface area contributed by atoms with Gasteiger partial charge in [0.25, 0.3) is 0 Å². The molecule has 1 rings (SSSR count). The average molecular weight is 489 g/mol. The first-order chi connectivity index (χ1) is 17.0. The van der Waals surface area contributed by atoms with Gasteiger partial charge in [-0.05, 0) is 18.1 Å².